The van der Waals surface area contributed by atoms with E-state index in [4.69, 9.17) is 10.3 Å². The molecule has 0 aliphatic heterocycles. The smallest absolute Gasteiger partial charge is 0.271 e. The molecule has 2 aromatic heterocycles. The van der Waals surface area contributed by atoms with Gasteiger partial charge in [0.15, 0.2) is 0 Å². The van der Waals surface area contributed by atoms with Gasteiger partial charge in [0.2, 0.25) is 0 Å². The maximum atomic E-state index is 11.9. The van der Waals surface area contributed by atoms with Gasteiger partial charge >= 0.3 is 0 Å². The molecule has 0 radical (unpaired) electrons. The summed E-state index contributed by atoms with van der Waals surface area (Å²) in [5, 5.41) is 6.63. The van der Waals surface area contributed by atoms with Crippen molar-refractivity contribution in [3.05, 3.63) is 35.2 Å². The Labute approximate surface area is 110 Å². The van der Waals surface area contributed by atoms with Crippen molar-refractivity contribution in [2.75, 3.05) is 6.54 Å². The number of rotatable bonds is 5. The summed E-state index contributed by atoms with van der Waals surface area (Å²) in [6.07, 6.45) is 3.27. The van der Waals surface area contributed by atoms with Gasteiger partial charge in [0, 0.05) is 31.4 Å². The fourth-order valence-electron chi connectivity index (χ4n) is 1.76. The van der Waals surface area contributed by atoms with Crippen LogP contribution in [0.4, 0.5) is 0 Å². The van der Waals surface area contributed by atoms with E-state index in [-0.39, 0.29) is 5.91 Å². The summed E-state index contributed by atoms with van der Waals surface area (Å²) in [7, 11) is 0. The standard InChI is InChI=1S/C12H17N5O2/c1-8-10(9(2)19-16-8)5-14-12(18)11-6-17(4-3-13)7-15-11/h6-7H,3-5,13H2,1-2H3,(H,14,18). The lowest BCUT2D eigenvalue weighted by atomic mass is 10.2. The van der Waals surface area contributed by atoms with Crippen molar-refractivity contribution in [2.45, 2.75) is 26.9 Å². The molecule has 2 heterocycles. The second-order valence-corrected chi connectivity index (χ2v) is 4.27. The number of carbonyl (C=O) groups is 1. The molecule has 19 heavy (non-hydrogen) atoms. The fourth-order valence-corrected chi connectivity index (χ4v) is 1.76. The largest absolute Gasteiger partial charge is 0.361 e. The van der Waals surface area contributed by atoms with Crippen molar-refractivity contribution in [2.24, 2.45) is 5.73 Å². The number of aryl methyl sites for hydroxylation is 2. The summed E-state index contributed by atoms with van der Waals surface area (Å²) < 4.78 is 6.82. The highest BCUT2D eigenvalue weighted by atomic mass is 16.5. The molecule has 0 aromatic carbocycles. The normalized spacial score (nSPS) is 10.7. The van der Waals surface area contributed by atoms with E-state index in [1.54, 1.807) is 17.1 Å². The van der Waals surface area contributed by atoms with Crippen molar-refractivity contribution < 1.29 is 9.32 Å². The molecule has 2 rings (SSSR count). The number of nitrogens with two attached hydrogens (primary N) is 1. The van der Waals surface area contributed by atoms with Gasteiger partial charge in [0.05, 0.1) is 12.0 Å². The molecule has 102 valence electrons. The number of nitrogens with zero attached hydrogens (tertiary/aromatic N) is 3. The van der Waals surface area contributed by atoms with Crippen LogP contribution in [0, 0.1) is 13.8 Å². The first-order valence-corrected chi connectivity index (χ1v) is 6.03. The van der Waals surface area contributed by atoms with Gasteiger partial charge in [-0.25, -0.2) is 4.98 Å². The number of imidazole rings is 1. The Morgan fingerprint density at radius 3 is 2.95 bits per heavy atom. The van der Waals surface area contributed by atoms with Gasteiger partial charge in [0.25, 0.3) is 5.91 Å². The molecule has 0 atom stereocenters. The predicted octanol–water partition coefficient (Wildman–Crippen LogP) is 0.377. The molecule has 0 bridgehead atoms. The van der Waals surface area contributed by atoms with Gasteiger partial charge in [-0.15, -0.1) is 0 Å². The summed E-state index contributed by atoms with van der Waals surface area (Å²) in [5.74, 6) is 0.488. The van der Waals surface area contributed by atoms with E-state index in [0.717, 1.165) is 11.3 Å². The monoisotopic (exact) mass is 263 g/mol. The van der Waals surface area contributed by atoms with Crippen LogP contribution in [-0.4, -0.2) is 27.2 Å². The van der Waals surface area contributed by atoms with Crippen LogP contribution < -0.4 is 11.1 Å². The van der Waals surface area contributed by atoms with E-state index < -0.39 is 0 Å². The Morgan fingerprint density at radius 1 is 1.53 bits per heavy atom. The van der Waals surface area contributed by atoms with Crippen LogP contribution in [0.2, 0.25) is 0 Å². The molecule has 0 fully saturated rings. The number of aromatic nitrogens is 3. The highest BCUT2D eigenvalue weighted by Gasteiger charge is 2.13. The highest BCUT2D eigenvalue weighted by Crippen LogP contribution is 2.11. The number of nitrogens with one attached hydrogen (secondary N) is 1. The molecular weight excluding hydrogens is 246 g/mol. The molecule has 0 aliphatic rings. The first-order valence-electron chi connectivity index (χ1n) is 6.03. The molecule has 0 saturated heterocycles. The minimum Gasteiger partial charge on any atom is -0.361 e. The second kappa shape index (κ2) is 5.66. The summed E-state index contributed by atoms with van der Waals surface area (Å²) in [5.41, 5.74) is 7.49. The van der Waals surface area contributed by atoms with Crippen LogP contribution in [0.1, 0.15) is 27.5 Å². The quantitative estimate of drug-likeness (QED) is 0.812. The second-order valence-electron chi connectivity index (χ2n) is 4.27. The van der Waals surface area contributed by atoms with Crippen LogP contribution in [0.25, 0.3) is 0 Å². The average Bonchev–Trinajstić information content (AvgIpc) is 2.96. The Balaban J connectivity index is 1.97. The van der Waals surface area contributed by atoms with Crippen LogP contribution in [0.15, 0.2) is 17.0 Å². The van der Waals surface area contributed by atoms with Gasteiger partial charge in [-0.2, -0.15) is 0 Å². The molecule has 2 aromatic rings. The predicted molar refractivity (Wildman–Crippen MR) is 68.4 cm³/mol. The molecule has 1 amide bonds. The molecule has 3 N–H and O–H groups in total. The zero-order valence-corrected chi connectivity index (χ0v) is 11.0. The van der Waals surface area contributed by atoms with E-state index in [1.807, 2.05) is 13.8 Å². The van der Waals surface area contributed by atoms with E-state index >= 15 is 0 Å². The maximum Gasteiger partial charge on any atom is 0.271 e. The number of hydrogen-bond acceptors (Lipinski definition) is 5. The van der Waals surface area contributed by atoms with Crippen LogP contribution in [0.3, 0.4) is 0 Å². The third-order valence-electron chi connectivity index (χ3n) is 2.86. The molecule has 0 aliphatic carbocycles. The van der Waals surface area contributed by atoms with Gasteiger partial charge < -0.3 is 20.1 Å². The Kier molecular flexibility index (Phi) is 3.96. The number of amides is 1. The van der Waals surface area contributed by atoms with Crippen molar-refractivity contribution in [3.63, 3.8) is 0 Å². The van der Waals surface area contributed by atoms with Crippen LogP contribution in [-0.2, 0) is 13.1 Å². The van der Waals surface area contributed by atoms with Crippen LogP contribution >= 0.6 is 0 Å². The van der Waals surface area contributed by atoms with Crippen molar-refractivity contribution in [1.29, 1.82) is 0 Å². The molecular formula is C12H17N5O2. The molecule has 0 saturated carbocycles. The Bertz CT molecular complexity index is 553. The van der Waals surface area contributed by atoms with Gasteiger partial charge in [-0.05, 0) is 13.8 Å². The Morgan fingerprint density at radius 2 is 2.32 bits per heavy atom. The summed E-state index contributed by atoms with van der Waals surface area (Å²) in [6, 6.07) is 0. The zero-order valence-electron chi connectivity index (χ0n) is 11.0. The third-order valence-corrected chi connectivity index (χ3v) is 2.86. The van der Waals surface area contributed by atoms with E-state index in [2.05, 4.69) is 15.5 Å². The molecule has 0 spiro atoms. The van der Waals surface area contributed by atoms with Crippen LogP contribution in [0.5, 0.6) is 0 Å². The zero-order chi connectivity index (χ0) is 13.8. The highest BCUT2D eigenvalue weighted by molar-refractivity contribution is 5.91. The minimum atomic E-state index is -0.226. The summed E-state index contributed by atoms with van der Waals surface area (Å²) >= 11 is 0. The summed E-state index contributed by atoms with van der Waals surface area (Å²) in [4.78, 5) is 15.9. The third kappa shape index (κ3) is 3.00. The number of carbonyl (C=O) groups excluding carboxylic acids is 1. The van der Waals surface area contributed by atoms with Crippen molar-refractivity contribution in [3.8, 4) is 0 Å². The van der Waals surface area contributed by atoms with Gasteiger partial charge in [0.1, 0.15) is 11.5 Å². The van der Waals surface area contributed by atoms with E-state index in [1.165, 1.54) is 0 Å². The summed E-state index contributed by atoms with van der Waals surface area (Å²) in [6.45, 7) is 5.19. The molecule has 7 heteroatoms. The maximum absolute atomic E-state index is 11.9. The topological polar surface area (TPSA) is 99.0 Å². The molecule has 7 nitrogen and oxygen atoms in total. The van der Waals surface area contributed by atoms with Crippen molar-refractivity contribution >= 4 is 5.91 Å². The van der Waals surface area contributed by atoms with E-state index in [9.17, 15) is 4.79 Å². The lowest BCUT2D eigenvalue weighted by Gasteiger charge is -2.02. The first kappa shape index (κ1) is 13.3. The first-order chi connectivity index (χ1) is 9.11. The van der Waals surface area contributed by atoms with Gasteiger partial charge in [-0.3, -0.25) is 4.79 Å². The lowest BCUT2D eigenvalue weighted by molar-refractivity contribution is 0.0946. The Hall–Kier alpha value is -2.15. The molecule has 0 unspecified atom stereocenters. The van der Waals surface area contributed by atoms with Gasteiger partial charge in [-0.1, -0.05) is 5.16 Å². The fraction of sp³-hybridized carbons (Fsp3) is 0.417. The minimum absolute atomic E-state index is 0.226. The number of hydrogen-bond donors (Lipinski definition) is 2. The lowest BCUT2D eigenvalue weighted by Crippen LogP contribution is -2.23. The van der Waals surface area contributed by atoms with Crippen molar-refractivity contribution in [1.82, 2.24) is 20.0 Å². The average molecular weight is 263 g/mol. The van der Waals surface area contributed by atoms with E-state index in [0.29, 0.717) is 31.1 Å². The SMILES string of the molecule is Cc1noc(C)c1CNC(=O)c1cn(CCN)cn1.